The Kier molecular flexibility index (Phi) is 6.05. The third-order valence-electron chi connectivity index (χ3n) is 4.80. The van der Waals surface area contributed by atoms with Crippen molar-refractivity contribution in [1.82, 2.24) is 24.5 Å². The van der Waals surface area contributed by atoms with E-state index in [9.17, 15) is 25.8 Å². The normalized spacial score (nSPS) is 10.1. The van der Waals surface area contributed by atoms with E-state index in [2.05, 4.69) is 25.3 Å². The maximum Gasteiger partial charge on any atom is 0.179 e. The monoisotopic (exact) mass is 424 g/mol. The second-order valence-corrected chi connectivity index (χ2v) is 6.59. The lowest BCUT2D eigenvalue weighted by Crippen LogP contribution is -2.14. The van der Waals surface area contributed by atoms with Gasteiger partial charge in [-0.3, -0.25) is 4.79 Å². The molecule has 0 aliphatic carbocycles. The largest absolute Gasteiger partial charge is 0.369 e. The van der Waals surface area contributed by atoms with E-state index in [0.29, 0.717) is 24.4 Å². The zero-order valence-corrected chi connectivity index (χ0v) is 17.6. The van der Waals surface area contributed by atoms with Crippen molar-refractivity contribution in [2.45, 2.75) is 33.7 Å². The van der Waals surface area contributed by atoms with Gasteiger partial charge < -0.3 is 9.88 Å². The number of hydrogen-bond acceptors (Lipinski definition) is 10. The molecule has 3 aromatic rings. The lowest BCUT2D eigenvalue weighted by Gasteiger charge is -2.10. The van der Waals surface area contributed by atoms with Crippen LogP contribution in [0.15, 0.2) is 0 Å². The molecule has 1 N–H and O–H groups in total. The van der Waals surface area contributed by atoms with Gasteiger partial charge >= 0.3 is 0 Å². The van der Waals surface area contributed by atoms with Crippen molar-refractivity contribution in [2.75, 3.05) is 11.9 Å². The fourth-order valence-electron chi connectivity index (χ4n) is 3.42. The highest BCUT2D eigenvalue weighted by Gasteiger charge is 2.25. The van der Waals surface area contributed by atoms with Crippen molar-refractivity contribution < 1.29 is 4.79 Å². The molecule has 0 unspecified atom stereocenters. The Hall–Kier alpha value is -4.87. The first kappa shape index (κ1) is 21.8. The van der Waals surface area contributed by atoms with Crippen LogP contribution in [0.5, 0.6) is 0 Å². The highest BCUT2D eigenvalue weighted by molar-refractivity contribution is 6.08. The number of carbonyl (C=O) groups excluding carboxylic acids is 1. The number of aryl methyl sites for hydroxylation is 1. The van der Waals surface area contributed by atoms with Crippen molar-refractivity contribution >= 4 is 22.8 Å². The predicted molar refractivity (Wildman–Crippen MR) is 111 cm³/mol. The number of rotatable bonds is 6. The Balaban J connectivity index is 2.19. The van der Waals surface area contributed by atoms with Crippen LogP contribution >= 0.6 is 0 Å². The summed E-state index contributed by atoms with van der Waals surface area (Å²) in [4.78, 5) is 30.2. The molecule has 3 aromatic heterocycles. The second kappa shape index (κ2) is 8.87. The highest BCUT2D eigenvalue weighted by atomic mass is 16.1. The van der Waals surface area contributed by atoms with Crippen LogP contribution in [0.1, 0.15) is 58.4 Å². The van der Waals surface area contributed by atoms with Gasteiger partial charge in [0, 0.05) is 18.8 Å². The molecule has 0 atom stereocenters. The molecule has 11 heteroatoms. The molecule has 3 heterocycles. The van der Waals surface area contributed by atoms with Crippen molar-refractivity contribution in [3.8, 4) is 24.3 Å². The van der Waals surface area contributed by atoms with Crippen LogP contribution in [0.4, 0.5) is 5.82 Å². The standard InChI is InChI=1S/C21H16N10O/c1-4-26-20-12(27-13(7-22)15(9-24)29-20)6-17(32)18-11(3)31(5-2)21-19(18)28-14(8-23)16(10-25)30-21/h4-6H2,1-3H3,(H,26,29). The molecular formula is C21H16N10O. The molecule has 0 amide bonds. The SMILES string of the molecule is CCNc1nc(C#N)c(C#N)nc1CC(=O)c1c(C)n(CC)c2nc(C#N)c(C#N)nc12. The van der Waals surface area contributed by atoms with Crippen LogP contribution < -0.4 is 5.32 Å². The number of anilines is 1. The minimum Gasteiger partial charge on any atom is -0.369 e. The predicted octanol–water partition coefficient (Wildman–Crippen LogP) is 1.89. The Labute approximate surface area is 183 Å². The van der Waals surface area contributed by atoms with Gasteiger partial charge in [-0.25, -0.2) is 19.9 Å². The summed E-state index contributed by atoms with van der Waals surface area (Å²) in [6, 6.07) is 7.34. The summed E-state index contributed by atoms with van der Waals surface area (Å²) in [5, 5.41) is 40.1. The zero-order chi connectivity index (χ0) is 23.4. The first-order valence-electron chi connectivity index (χ1n) is 9.63. The quantitative estimate of drug-likeness (QED) is 0.574. The number of nitrogens with zero attached hydrogens (tertiary/aromatic N) is 9. The molecule has 0 fully saturated rings. The van der Waals surface area contributed by atoms with Gasteiger partial charge in [0.2, 0.25) is 0 Å². The van der Waals surface area contributed by atoms with Crippen molar-refractivity contribution in [2.24, 2.45) is 0 Å². The molecule has 0 aliphatic heterocycles. The summed E-state index contributed by atoms with van der Waals surface area (Å²) >= 11 is 0. The molecule has 3 rings (SSSR count). The molecule has 0 aliphatic rings. The van der Waals surface area contributed by atoms with Crippen LogP contribution in [0, 0.1) is 52.2 Å². The molecule has 0 aromatic carbocycles. The van der Waals surface area contributed by atoms with Gasteiger partial charge in [-0.2, -0.15) is 21.0 Å². The minimum absolute atomic E-state index is 0.114. The molecular weight excluding hydrogens is 408 g/mol. The van der Waals surface area contributed by atoms with Crippen molar-refractivity contribution in [3.63, 3.8) is 0 Å². The van der Waals surface area contributed by atoms with E-state index >= 15 is 0 Å². The van der Waals surface area contributed by atoms with Crippen LogP contribution in [0.3, 0.4) is 0 Å². The molecule has 0 spiro atoms. The van der Waals surface area contributed by atoms with Gasteiger partial charge in [-0.05, 0) is 20.8 Å². The second-order valence-electron chi connectivity index (χ2n) is 6.59. The average molecular weight is 424 g/mol. The number of carbonyl (C=O) groups is 1. The Morgan fingerprint density at radius 1 is 0.906 bits per heavy atom. The molecule has 0 saturated heterocycles. The van der Waals surface area contributed by atoms with E-state index in [1.165, 1.54) is 0 Å². The van der Waals surface area contributed by atoms with Crippen LogP contribution in [0.25, 0.3) is 11.2 Å². The number of ketones is 1. The highest BCUT2D eigenvalue weighted by Crippen LogP contribution is 2.26. The minimum atomic E-state index is -0.371. The van der Waals surface area contributed by atoms with Gasteiger partial charge in [-0.1, -0.05) is 0 Å². The Morgan fingerprint density at radius 3 is 2.03 bits per heavy atom. The number of nitriles is 4. The fourth-order valence-corrected chi connectivity index (χ4v) is 3.42. The van der Waals surface area contributed by atoms with Gasteiger partial charge in [-0.15, -0.1) is 0 Å². The van der Waals surface area contributed by atoms with Gasteiger partial charge in [0.15, 0.2) is 34.2 Å². The maximum atomic E-state index is 13.4. The van der Waals surface area contributed by atoms with E-state index in [-0.39, 0.29) is 57.6 Å². The van der Waals surface area contributed by atoms with Gasteiger partial charge in [0.25, 0.3) is 0 Å². The number of hydrogen-bond donors (Lipinski definition) is 1. The molecule has 0 saturated carbocycles. The lowest BCUT2D eigenvalue weighted by molar-refractivity contribution is 0.0992. The third-order valence-corrected chi connectivity index (χ3v) is 4.80. The number of nitrogens with one attached hydrogen (secondary N) is 1. The van der Waals surface area contributed by atoms with Crippen molar-refractivity contribution in [1.29, 1.82) is 21.0 Å². The Morgan fingerprint density at radius 2 is 1.47 bits per heavy atom. The number of fused-ring (bicyclic) bond motifs is 1. The van der Waals surface area contributed by atoms with E-state index in [4.69, 9.17) is 0 Å². The molecule has 0 radical (unpaired) electrons. The van der Waals surface area contributed by atoms with E-state index < -0.39 is 0 Å². The van der Waals surface area contributed by atoms with E-state index in [1.807, 2.05) is 38.1 Å². The summed E-state index contributed by atoms with van der Waals surface area (Å²) in [6.07, 6.45) is -0.219. The van der Waals surface area contributed by atoms with Crippen molar-refractivity contribution in [3.05, 3.63) is 39.7 Å². The average Bonchev–Trinajstić information content (AvgIpc) is 3.08. The molecule has 32 heavy (non-hydrogen) atoms. The van der Waals surface area contributed by atoms with E-state index in [0.717, 1.165) is 0 Å². The summed E-state index contributed by atoms with van der Waals surface area (Å²) in [5.41, 5.74) is 1.02. The molecule has 156 valence electrons. The zero-order valence-electron chi connectivity index (χ0n) is 17.6. The summed E-state index contributed by atoms with van der Waals surface area (Å²) < 4.78 is 1.74. The lowest BCUT2D eigenvalue weighted by atomic mass is 10.1. The van der Waals surface area contributed by atoms with Gasteiger partial charge in [0.05, 0.1) is 17.7 Å². The maximum absolute atomic E-state index is 13.4. The number of aromatic nitrogens is 5. The topological polar surface area (TPSA) is 181 Å². The first-order chi connectivity index (χ1) is 15.4. The van der Waals surface area contributed by atoms with E-state index in [1.54, 1.807) is 11.5 Å². The summed E-state index contributed by atoms with van der Waals surface area (Å²) in [5.74, 6) is -0.131. The summed E-state index contributed by atoms with van der Waals surface area (Å²) in [6.45, 7) is 6.35. The summed E-state index contributed by atoms with van der Waals surface area (Å²) in [7, 11) is 0. The van der Waals surface area contributed by atoms with Crippen LogP contribution in [-0.2, 0) is 13.0 Å². The van der Waals surface area contributed by atoms with Crippen LogP contribution in [0.2, 0.25) is 0 Å². The fraction of sp³-hybridized carbons (Fsp3) is 0.286. The van der Waals surface area contributed by atoms with Crippen LogP contribution in [-0.4, -0.2) is 36.8 Å². The van der Waals surface area contributed by atoms with Gasteiger partial charge in [0.1, 0.15) is 35.6 Å². The first-order valence-corrected chi connectivity index (χ1v) is 9.63. The molecule has 0 bridgehead atoms. The Bertz CT molecular complexity index is 1420. The smallest absolute Gasteiger partial charge is 0.179 e. The molecule has 11 nitrogen and oxygen atoms in total. The number of Topliss-reactive ketones (excluding diaryl/α,β-unsaturated/α-hetero) is 1. The third kappa shape index (κ3) is 3.56.